The number of aromatic amines is 1. The van der Waals surface area contributed by atoms with Gasteiger partial charge in [-0.15, -0.1) is 0 Å². The van der Waals surface area contributed by atoms with Crippen LogP contribution in [0.3, 0.4) is 0 Å². The van der Waals surface area contributed by atoms with E-state index in [0.29, 0.717) is 25.7 Å². The molecule has 8 nitrogen and oxygen atoms in total. The van der Waals surface area contributed by atoms with E-state index in [2.05, 4.69) is 10.3 Å². The SMILES string of the molecule is CC[C@H](C)[C@H](NC(=O)[C@@H]1Cc2c([nH]c3ccc(OC)cc23)[C@H]2CCC(=O)N21)C(=O)O. The van der Waals surface area contributed by atoms with Gasteiger partial charge in [0.1, 0.15) is 17.8 Å². The molecule has 0 unspecified atom stereocenters. The van der Waals surface area contributed by atoms with Gasteiger partial charge in [0.2, 0.25) is 11.8 Å². The molecule has 2 aromatic rings. The van der Waals surface area contributed by atoms with Crippen LogP contribution in [0.2, 0.25) is 0 Å². The van der Waals surface area contributed by atoms with E-state index in [4.69, 9.17) is 4.74 Å². The molecule has 0 spiro atoms. The number of nitrogens with one attached hydrogen (secondary N) is 2. The molecular formula is C22H27N3O5. The molecule has 1 fully saturated rings. The lowest BCUT2D eigenvalue weighted by Crippen LogP contribution is -2.56. The summed E-state index contributed by atoms with van der Waals surface area (Å²) in [7, 11) is 1.61. The summed E-state index contributed by atoms with van der Waals surface area (Å²) in [4.78, 5) is 42.6. The van der Waals surface area contributed by atoms with Crippen molar-refractivity contribution in [1.29, 1.82) is 0 Å². The molecule has 0 bridgehead atoms. The third kappa shape index (κ3) is 3.20. The zero-order chi connectivity index (χ0) is 21.6. The van der Waals surface area contributed by atoms with Crippen molar-refractivity contribution < 1.29 is 24.2 Å². The fraction of sp³-hybridized carbons (Fsp3) is 0.500. The Morgan fingerprint density at radius 2 is 2.17 bits per heavy atom. The monoisotopic (exact) mass is 413 g/mol. The molecule has 0 saturated carbocycles. The minimum absolute atomic E-state index is 0.0718. The van der Waals surface area contributed by atoms with Gasteiger partial charge in [0.25, 0.3) is 0 Å². The van der Waals surface area contributed by atoms with Crippen molar-refractivity contribution >= 4 is 28.7 Å². The number of aliphatic carboxylic acids is 1. The Hall–Kier alpha value is -3.03. The Morgan fingerprint density at radius 1 is 1.40 bits per heavy atom. The van der Waals surface area contributed by atoms with E-state index in [1.165, 1.54) is 0 Å². The standard InChI is InChI=1S/C22H27N3O5/c1-4-11(2)19(22(28)29)24-21(27)17-10-14-13-9-12(30-3)5-6-15(13)23-20(14)16-7-8-18(26)25(16)17/h5-6,9,11,16-17,19,23H,4,7-8,10H2,1-3H3,(H,24,27)(H,28,29)/t11-,16+,17-,19-/m0/s1. The van der Waals surface area contributed by atoms with Crippen LogP contribution in [0, 0.1) is 5.92 Å². The van der Waals surface area contributed by atoms with E-state index in [0.717, 1.165) is 27.9 Å². The number of carbonyl (C=O) groups is 3. The molecule has 3 N–H and O–H groups in total. The fourth-order valence-corrected chi connectivity index (χ4v) is 4.70. The highest BCUT2D eigenvalue weighted by molar-refractivity contribution is 5.94. The Bertz CT molecular complexity index is 1010. The second-order valence-corrected chi connectivity index (χ2v) is 8.21. The molecule has 160 valence electrons. The minimum atomic E-state index is -1.06. The zero-order valence-corrected chi connectivity index (χ0v) is 17.4. The van der Waals surface area contributed by atoms with E-state index >= 15 is 0 Å². The molecule has 2 aliphatic heterocycles. The topological polar surface area (TPSA) is 112 Å². The van der Waals surface area contributed by atoms with Gasteiger partial charge in [-0.1, -0.05) is 20.3 Å². The normalized spacial score (nSPS) is 22.4. The van der Waals surface area contributed by atoms with Crippen molar-refractivity contribution in [2.75, 3.05) is 7.11 Å². The van der Waals surface area contributed by atoms with Crippen LogP contribution in [0.15, 0.2) is 18.2 Å². The summed E-state index contributed by atoms with van der Waals surface area (Å²) in [5.41, 5.74) is 2.89. The fourth-order valence-electron chi connectivity index (χ4n) is 4.70. The first-order chi connectivity index (χ1) is 14.3. The summed E-state index contributed by atoms with van der Waals surface area (Å²) < 4.78 is 5.36. The first kappa shape index (κ1) is 20.3. The summed E-state index contributed by atoms with van der Waals surface area (Å²) >= 11 is 0. The van der Waals surface area contributed by atoms with Gasteiger partial charge < -0.3 is 25.0 Å². The molecule has 0 radical (unpaired) electrons. The number of methoxy groups -OCH3 is 1. The molecule has 0 aliphatic carbocycles. The van der Waals surface area contributed by atoms with Gasteiger partial charge in [0, 0.05) is 29.4 Å². The van der Waals surface area contributed by atoms with Gasteiger partial charge in [-0.3, -0.25) is 9.59 Å². The van der Waals surface area contributed by atoms with Gasteiger partial charge in [-0.05, 0) is 36.1 Å². The first-order valence-corrected chi connectivity index (χ1v) is 10.4. The van der Waals surface area contributed by atoms with Crippen LogP contribution in [0.5, 0.6) is 5.75 Å². The third-order valence-electron chi connectivity index (χ3n) is 6.55. The highest BCUT2D eigenvalue weighted by atomic mass is 16.5. The summed E-state index contributed by atoms with van der Waals surface area (Å²) in [5, 5.41) is 13.2. The number of aromatic nitrogens is 1. The number of amides is 2. The lowest BCUT2D eigenvalue weighted by molar-refractivity contribution is -0.146. The van der Waals surface area contributed by atoms with Crippen molar-refractivity contribution in [3.8, 4) is 5.75 Å². The Labute approximate surface area is 174 Å². The third-order valence-corrected chi connectivity index (χ3v) is 6.55. The number of carboxylic acids is 1. The number of ether oxygens (including phenoxy) is 1. The van der Waals surface area contributed by atoms with Crippen molar-refractivity contribution in [2.24, 2.45) is 5.92 Å². The Morgan fingerprint density at radius 3 is 2.83 bits per heavy atom. The number of benzene rings is 1. The second-order valence-electron chi connectivity index (χ2n) is 8.21. The summed E-state index contributed by atoms with van der Waals surface area (Å²) in [6, 6.07) is 3.83. The summed E-state index contributed by atoms with van der Waals surface area (Å²) in [6.07, 6.45) is 1.97. The molecule has 4 rings (SSSR count). The largest absolute Gasteiger partial charge is 0.497 e. The van der Waals surface area contributed by atoms with E-state index < -0.39 is 24.0 Å². The maximum absolute atomic E-state index is 13.2. The van der Waals surface area contributed by atoms with Gasteiger partial charge in [-0.2, -0.15) is 0 Å². The Balaban J connectivity index is 1.72. The lowest BCUT2D eigenvalue weighted by atomic mass is 9.91. The molecule has 3 heterocycles. The molecule has 2 aliphatic rings. The summed E-state index contributed by atoms with van der Waals surface area (Å²) in [5.74, 6) is -1.04. The molecule has 1 saturated heterocycles. The lowest BCUT2D eigenvalue weighted by Gasteiger charge is -2.37. The van der Waals surface area contributed by atoms with Crippen LogP contribution < -0.4 is 10.1 Å². The molecule has 4 atom stereocenters. The number of hydrogen-bond acceptors (Lipinski definition) is 4. The molecule has 8 heteroatoms. The number of carbonyl (C=O) groups excluding carboxylic acids is 2. The van der Waals surface area contributed by atoms with Crippen molar-refractivity contribution in [2.45, 2.75) is 57.7 Å². The average molecular weight is 413 g/mol. The van der Waals surface area contributed by atoms with Crippen molar-refractivity contribution in [1.82, 2.24) is 15.2 Å². The number of carboxylic acid groups (broad SMARTS) is 1. The molecule has 1 aromatic carbocycles. The van der Waals surface area contributed by atoms with Crippen LogP contribution in [-0.4, -0.2) is 52.0 Å². The molecular weight excluding hydrogens is 386 g/mol. The second kappa shape index (κ2) is 7.66. The number of rotatable bonds is 6. The van der Waals surface area contributed by atoms with E-state index in [-0.39, 0.29) is 17.9 Å². The number of nitrogens with zero attached hydrogens (tertiary/aromatic N) is 1. The highest BCUT2D eigenvalue weighted by Crippen LogP contribution is 2.43. The maximum Gasteiger partial charge on any atom is 0.326 e. The number of fused-ring (bicyclic) bond motifs is 5. The summed E-state index contributed by atoms with van der Waals surface area (Å²) in [6.45, 7) is 3.69. The van der Waals surface area contributed by atoms with Crippen LogP contribution in [0.1, 0.15) is 50.4 Å². The van der Waals surface area contributed by atoms with E-state index in [1.807, 2.05) is 25.1 Å². The predicted molar refractivity (Wildman–Crippen MR) is 110 cm³/mol. The predicted octanol–water partition coefficient (Wildman–Crippen LogP) is 2.38. The van der Waals surface area contributed by atoms with Crippen LogP contribution in [0.4, 0.5) is 0 Å². The highest BCUT2D eigenvalue weighted by Gasteiger charge is 2.46. The van der Waals surface area contributed by atoms with E-state index in [9.17, 15) is 19.5 Å². The maximum atomic E-state index is 13.2. The molecule has 1 aromatic heterocycles. The zero-order valence-electron chi connectivity index (χ0n) is 17.4. The van der Waals surface area contributed by atoms with Crippen LogP contribution in [-0.2, 0) is 20.8 Å². The Kier molecular flexibility index (Phi) is 5.17. The van der Waals surface area contributed by atoms with E-state index in [1.54, 1.807) is 18.9 Å². The first-order valence-electron chi connectivity index (χ1n) is 10.4. The van der Waals surface area contributed by atoms with Gasteiger partial charge in [0.05, 0.1) is 13.2 Å². The van der Waals surface area contributed by atoms with Crippen molar-refractivity contribution in [3.05, 3.63) is 29.5 Å². The van der Waals surface area contributed by atoms with Crippen molar-refractivity contribution in [3.63, 3.8) is 0 Å². The molecule has 2 amide bonds. The smallest absolute Gasteiger partial charge is 0.326 e. The van der Waals surface area contributed by atoms with Gasteiger partial charge in [0.15, 0.2) is 0 Å². The number of hydrogen-bond donors (Lipinski definition) is 3. The average Bonchev–Trinajstić information content (AvgIpc) is 3.30. The van der Waals surface area contributed by atoms with Crippen LogP contribution >= 0.6 is 0 Å². The van der Waals surface area contributed by atoms with Crippen LogP contribution in [0.25, 0.3) is 10.9 Å². The number of H-pyrrole nitrogens is 1. The minimum Gasteiger partial charge on any atom is -0.497 e. The van der Waals surface area contributed by atoms with Gasteiger partial charge >= 0.3 is 5.97 Å². The molecule has 30 heavy (non-hydrogen) atoms. The quantitative estimate of drug-likeness (QED) is 0.673. The van der Waals surface area contributed by atoms with Gasteiger partial charge in [-0.25, -0.2) is 4.79 Å².